The molecule has 0 saturated carbocycles. The Hall–Kier alpha value is -1.76. The number of nitrogens with zero attached hydrogens (tertiary/aromatic N) is 2. The minimum absolute atomic E-state index is 0.0205. The van der Waals surface area contributed by atoms with E-state index in [1.165, 1.54) is 19.2 Å². The molecule has 0 saturated heterocycles. The standard InChI is InChI=1S/C18H27F3N2O2/c1-6-8-9-17(24,18(19,20)21)14-10-13(3)15(11-16(14)25-5)22-12-23(4)7-2/h10-12,24H,6-9H2,1-5H3. The Labute approximate surface area is 147 Å². The van der Waals surface area contributed by atoms with Crippen LogP contribution in [0.15, 0.2) is 17.1 Å². The fourth-order valence-electron chi connectivity index (χ4n) is 2.41. The summed E-state index contributed by atoms with van der Waals surface area (Å²) in [6.07, 6.45) is -2.81. The van der Waals surface area contributed by atoms with Crippen molar-refractivity contribution in [1.29, 1.82) is 0 Å². The zero-order valence-electron chi connectivity index (χ0n) is 15.4. The molecule has 0 aliphatic rings. The lowest BCUT2D eigenvalue weighted by Gasteiger charge is -2.32. The molecule has 142 valence electrons. The predicted octanol–water partition coefficient (Wildman–Crippen LogP) is 4.56. The topological polar surface area (TPSA) is 45.1 Å². The molecule has 25 heavy (non-hydrogen) atoms. The van der Waals surface area contributed by atoms with Gasteiger partial charge in [0, 0.05) is 25.2 Å². The Morgan fingerprint density at radius 1 is 1.28 bits per heavy atom. The Morgan fingerprint density at radius 3 is 2.40 bits per heavy atom. The summed E-state index contributed by atoms with van der Waals surface area (Å²) in [5, 5.41) is 10.5. The second kappa shape index (κ2) is 8.56. The van der Waals surface area contributed by atoms with Crippen molar-refractivity contribution in [2.45, 2.75) is 51.8 Å². The first-order chi connectivity index (χ1) is 11.6. The van der Waals surface area contributed by atoms with E-state index in [-0.39, 0.29) is 17.7 Å². The van der Waals surface area contributed by atoms with Gasteiger partial charge in [-0.05, 0) is 31.9 Å². The smallest absolute Gasteiger partial charge is 0.421 e. The molecule has 1 unspecified atom stereocenters. The van der Waals surface area contributed by atoms with Gasteiger partial charge in [-0.3, -0.25) is 0 Å². The molecular weight excluding hydrogens is 333 g/mol. The third kappa shape index (κ3) is 4.87. The molecule has 1 aromatic carbocycles. The lowest BCUT2D eigenvalue weighted by atomic mass is 9.86. The third-order valence-corrected chi connectivity index (χ3v) is 4.22. The van der Waals surface area contributed by atoms with Crippen molar-refractivity contribution >= 4 is 12.0 Å². The number of benzene rings is 1. The SMILES string of the molecule is CCCCC(O)(c1cc(C)c(N=CN(C)CC)cc1OC)C(F)(F)F. The third-order valence-electron chi connectivity index (χ3n) is 4.22. The lowest BCUT2D eigenvalue weighted by molar-refractivity contribution is -0.270. The van der Waals surface area contributed by atoms with Gasteiger partial charge < -0.3 is 14.7 Å². The van der Waals surface area contributed by atoms with Gasteiger partial charge in [0.2, 0.25) is 0 Å². The number of alkyl halides is 3. The van der Waals surface area contributed by atoms with Crippen LogP contribution < -0.4 is 4.74 Å². The van der Waals surface area contributed by atoms with Gasteiger partial charge in [-0.1, -0.05) is 19.8 Å². The van der Waals surface area contributed by atoms with E-state index in [4.69, 9.17) is 4.74 Å². The van der Waals surface area contributed by atoms with Crippen LogP contribution in [0.3, 0.4) is 0 Å². The number of aryl methyl sites for hydroxylation is 1. The van der Waals surface area contributed by atoms with Gasteiger partial charge in [0.25, 0.3) is 0 Å². The fraction of sp³-hybridized carbons (Fsp3) is 0.611. The summed E-state index contributed by atoms with van der Waals surface area (Å²) < 4.78 is 46.0. The molecule has 0 heterocycles. The zero-order valence-corrected chi connectivity index (χ0v) is 15.4. The van der Waals surface area contributed by atoms with Crippen molar-refractivity contribution in [2.24, 2.45) is 4.99 Å². The number of unbranched alkanes of at least 4 members (excludes halogenated alkanes) is 1. The molecular formula is C18H27F3N2O2. The second-order valence-corrected chi connectivity index (χ2v) is 6.12. The quantitative estimate of drug-likeness (QED) is 0.546. The van der Waals surface area contributed by atoms with E-state index < -0.39 is 18.2 Å². The molecule has 0 amide bonds. The number of aliphatic imine (C=N–C) groups is 1. The summed E-state index contributed by atoms with van der Waals surface area (Å²) in [6.45, 7) is 6.15. The van der Waals surface area contributed by atoms with Gasteiger partial charge in [-0.25, -0.2) is 4.99 Å². The number of rotatable bonds is 8. The average Bonchev–Trinajstić information content (AvgIpc) is 2.56. The zero-order chi connectivity index (χ0) is 19.3. The molecule has 0 radical (unpaired) electrons. The molecule has 0 spiro atoms. The summed E-state index contributed by atoms with van der Waals surface area (Å²) in [4.78, 5) is 6.13. The van der Waals surface area contributed by atoms with Gasteiger partial charge in [0.05, 0.1) is 19.1 Å². The summed E-state index contributed by atoms with van der Waals surface area (Å²) in [5.74, 6) is -0.0205. The van der Waals surface area contributed by atoms with E-state index in [9.17, 15) is 18.3 Å². The van der Waals surface area contributed by atoms with Gasteiger partial charge in [-0.2, -0.15) is 13.2 Å². The van der Waals surface area contributed by atoms with Crippen LogP contribution in [0.25, 0.3) is 0 Å². The monoisotopic (exact) mass is 360 g/mol. The number of hydrogen-bond donors (Lipinski definition) is 1. The minimum atomic E-state index is -4.80. The lowest BCUT2D eigenvalue weighted by Crippen LogP contribution is -2.42. The molecule has 0 aliphatic heterocycles. The molecule has 0 aromatic heterocycles. The van der Waals surface area contributed by atoms with Crippen molar-refractivity contribution in [3.8, 4) is 5.75 Å². The maximum atomic E-state index is 13.6. The number of ether oxygens (including phenoxy) is 1. The summed E-state index contributed by atoms with van der Waals surface area (Å²) >= 11 is 0. The molecule has 7 heteroatoms. The van der Waals surface area contributed by atoms with Gasteiger partial charge in [0.1, 0.15) is 5.75 Å². The molecule has 0 fully saturated rings. The summed E-state index contributed by atoms with van der Waals surface area (Å²) in [7, 11) is 3.13. The molecule has 1 N–H and O–H groups in total. The summed E-state index contributed by atoms with van der Waals surface area (Å²) in [5.41, 5.74) is -2.17. The van der Waals surface area contributed by atoms with E-state index >= 15 is 0 Å². The first kappa shape index (κ1) is 21.3. The van der Waals surface area contributed by atoms with Gasteiger partial charge >= 0.3 is 6.18 Å². The minimum Gasteiger partial charge on any atom is -0.496 e. The average molecular weight is 360 g/mol. The van der Waals surface area contributed by atoms with Crippen LogP contribution in [0.2, 0.25) is 0 Å². The summed E-state index contributed by atoms with van der Waals surface area (Å²) in [6, 6.07) is 2.76. The van der Waals surface area contributed by atoms with Crippen molar-refractivity contribution in [3.63, 3.8) is 0 Å². The Kier molecular flexibility index (Phi) is 7.29. The predicted molar refractivity (Wildman–Crippen MR) is 93.7 cm³/mol. The van der Waals surface area contributed by atoms with Crippen LogP contribution in [-0.4, -0.2) is 43.2 Å². The number of methoxy groups -OCH3 is 1. The molecule has 1 rings (SSSR count). The maximum Gasteiger partial charge on any atom is 0.421 e. The molecule has 0 aliphatic carbocycles. The highest BCUT2D eigenvalue weighted by Gasteiger charge is 2.55. The number of hydrogen-bond acceptors (Lipinski definition) is 3. The van der Waals surface area contributed by atoms with Crippen molar-refractivity contribution < 1.29 is 23.0 Å². The normalized spacial score (nSPS) is 14.6. The molecule has 4 nitrogen and oxygen atoms in total. The fourth-order valence-corrected chi connectivity index (χ4v) is 2.41. The van der Waals surface area contributed by atoms with E-state index in [2.05, 4.69) is 4.99 Å². The second-order valence-electron chi connectivity index (χ2n) is 6.12. The van der Waals surface area contributed by atoms with Gasteiger partial charge in [-0.15, -0.1) is 0 Å². The van der Waals surface area contributed by atoms with Crippen molar-refractivity contribution in [2.75, 3.05) is 20.7 Å². The van der Waals surface area contributed by atoms with E-state index in [0.29, 0.717) is 17.7 Å². The largest absolute Gasteiger partial charge is 0.496 e. The maximum absolute atomic E-state index is 13.6. The molecule has 1 aromatic rings. The van der Waals surface area contributed by atoms with Crippen LogP contribution in [0.4, 0.5) is 18.9 Å². The van der Waals surface area contributed by atoms with E-state index in [0.717, 1.165) is 6.54 Å². The van der Waals surface area contributed by atoms with Crippen LogP contribution in [0, 0.1) is 6.92 Å². The van der Waals surface area contributed by atoms with Crippen molar-refractivity contribution in [3.05, 3.63) is 23.3 Å². The first-order valence-corrected chi connectivity index (χ1v) is 8.33. The highest BCUT2D eigenvalue weighted by Crippen LogP contribution is 2.47. The Morgan fingerprint density at radius 2 is 1.92 bits per heavy atom. The van der Waals surface area contributed by atoms with Crippen LogP contribution in [0.5, 0.6) is 5.75 Å². The highest BCUT2D eigenvalue weighted by atomic mass is 19.4. The van der Waals surface area contributed by atoms with Crippen LogP contribution >= 0.6 is 0 Å². The van der Waals surface area contributed by atoms with Crippen molar-refractivity contribution in [1.82, 2.24) is 4.90 Å². The molecule has 0 bridgehead atoms. The van der Waals surface area contributed by atoms with Gasteiger partial charge in [0.15, 0.2) is 5.60 Å². The molecule has 1 atom stereocenters. The van der Waals surface area contributed by atoms with E-state index in [1.807, 2.05) is 18.9 Å². The van der Waals surface area contributed by atoms with Crippen LogP contribution in [0.1, 0.15) is 44.2 Å². The number of aliphatic hydroxyl groups is 1. The van der Waals surface area contributed by atoms with E-state index in [1.54, 1.807) is 20.2 Å². The number of halogens is 3. The Bertz CT molecular complexity index is 603. The van der Waals surface area contributed by atoms with Crippen LogP contribution in [-0.2, 0) is 5.60 Å². The highest BCUT2D eigenvalue weighted by molar-refractivity contribution is 5.65. The Balaban J connectivity index is 3.43. The first-order valence-electron chi connectivity index (χ1n) is 8.33.